The number of aliphatic carboxylic acids is 1. The van der Waals surface area contributed by atoms with Gasteiger partial charge in [0, 0.05) is 0 Å². The van der Waals surface area contributed by atoms with Gasteiger partial charge in [0.2, 0.25) is 0 Å². The van der Waals surface area contributed by atoms with Crippen LogP contribution in [0.3, 0.4) is 0 Å². The summed E-state index contributed by atoms with van der Waals surface area (Å²) in [4.78, 5) is 22.9. The number of benzene rings is 1. The number of carbonyl (C=O) groups is 2. The van der Waals surface area contributed by atoms with Crippen molar-refractivity contribution in [1.82, 2.24) is 5.32 Å². The summed E-state index contributed by atoms with van der Waals surface area (Å²) in [7, 11) is 0. The maximum absolute atomic E-state index is 13.6. The molecule has 2 N–H and O–H groups in total. The number of hydrogen-bond acceptors (Lipinski definition) is 2. The summed E-state index contributed by atoms with van der Waals surface area (Å²) in [6.45, 7) is 4.73. The van der Waals surface area contributed by atoms with Gasteiger partial charge in [-0.15, -0.1) is 0 Å². The highest BCUT2D eigenvalue weighted by molar-refractivity contribution is 5.97. The lowest BCUT2D eigenvalue weighted by Crippen LogP contribution is -2.51. The standard InChI is InChI=1S/C13H16FNO3/c1-4-13(3,12(17)18)15-11(16)9-6-5-8(2)7-10(9)14/h5-7H,4H2,1-3H3,(H,15,16)(H,17,18). The molecule has 0 aromatic heterocycles. The Morgan fingerprint density at radius 3 is 2.50 bits per heavy atom. The molecule has 1 atom stereocenters. The Morgan fingerprint density at radius 1 is 1.44 bits per heavy atom. The molecule has 5 heteroatoms. The normalized spacial score (nSPS) is 13.8. The van der Waals surface area contributed by atoms with Gasteiger partial charge in [0.1, 0.15) is 11.4 Å². The number of aryl methyl sites for hydroxylation is 1. The third kappa shape index (κ3) is 2.85. The molecule has 0 radical (unpaired) electrons. The fraction of sp³-hybridized carbons (Fsp3) is 0.385. The summed E-state index contributed by atoms with van der Waals surface area (Å²) >= 11 is 0. The van der Waals surface area contributed by atoms with Gasteiger partial charge >= 0.3 is 5.97 Å². The van der Waals surface area contributed by atoms with Crippen molar-refractivity contribution in [1.29, 1.82) is 0 Å². The largest absolute Gasteiger partial charge is 0.480 e. The lowest BCUT2D eigenvalue weighted by atomic mass is 9.98. The lowest BCUT2D eigenvalue weighted by molar-refractivity contribution is -0.143. The van der Waals surface area contributed by atoms with E-state index in [1.807, 2.05) is 0 Å². The van der Waals surface area contributed by atoms with E-state index in [2.05, 4.69) is 5.32 Å². The SMILES string of the molecule is CCC(C)(NC(=O)c1ccc(C)cc1F)C(=O)O. The Bertz CT molecular complexity index is 487. The maximum Gasteiger partial charge on any atom is 0.329 e. The van der Waals surface area contributed by atoms with Crippen LogP contribution < -0.4 is 5.32 Å². The first-order valence-electron chi connectivity index (χ1n) is 5.62. The van der Waals surface area contributed by atoms with Gasteiger partial charge < -0.3 is 10.4 Å². The number of nitrogens with one attached hydrogen (secondary N) is 1. The molecular formula is C13H16FNO3. The zero-order chi connectivity index (χ0) is 13.9. The molecule has 0 bridgehead atoms. The predicted octanol–water partition coefficient (Wildman–Crippen LogP) is 2.12. The van der Waals surface area contributed by atoms with E-state index in [0.717, 1.165) is 0 Å². The monoisotopic (exact) mass is 253 g/mol. The van der Waals surface area contributed by atoms with E-state index in [4.69, 9.17) is 5.11 Å². The van der Waals surface area contributed by atoms with Crippen LogP contribution in [-0.4, -0.2) is 22.5 Å². The number of carboxylic acid groups (broad SMARTS) is 1. The van der Waals surface area contributed by atoms with Crippen LogP contribution in [0.25, 0.3) is 0 Å². The minimum Gasteiger partial charge on any atom is -0.480 e. The highest BCUT2D eigenvalue weighted by Gasteiger charge is 2.33. The van der Waals surface area contributed by atoms with Crippen molar-refractivity contribution in [3.63, 3.8) is 0 Å². The molecule has 0 heterocycles. The lowest BCUT2D eigenvalue weighted by Gasteiger charge is -2.24. The van der Waals surface area contributed by atoms with E-state index in [9.17, 15) is 14.0 Å². The van der Waals surface area contributed by atoms with Crippen molar-refractivity contribution < 1.29 is 19.1 Å². The van der Waals surface area contributed by atoms with E-state index in [-0.39, 0.29) is 12.0 Å². The molecule has 1 amide bonds. The molecule has 18 heavy (non-hydrogen) atoms. The average molecular weight is 253 g/mol. The molecule has 0 saturated heterocycles. The number of hydrogen-bond donors (Lipinski definition) is 2. The maximum atomic E-state index is 13.6. The van der Waals surface area contributed by atoms with Crippen molar-refractivity contribution >= 4 is 11.9 Å². The quantitative estimate of drug-likeness (QED) is 0.863. The molecule has 0 aliphatic rings. The van der Waals surface area contributed by atoms with E-state index >= 15 is 0 Å². The van der Waals surface area contributed by atoms with E-state index < -0.39 is 23.2 Å². The van der Waals surface area contributed by atoms with Crippen molar-refractivity contribution in [2.45, 2.75) is 32.7 Å². The van der Waals surface area contributed by atoms with Gasteiger partial charge in [-0.3, -0.25) is 4.79 Å². The predicted molar refractivity (Wildman–Crippen MR) is 64.9 cm³/mol. The summed E-state index contributed by atoms with van der Waals surface area (Å²) < 4.78 is 13.6. The number of rotatable bonds is 4. The third-order valence-corrected chi connectivity index (χ3v) is 2.94. The fourth-order valence-electron chi connectivity index (χ4n) is 1.42. The van der Waals surface area contributed by atoms with Gasteiger partial charge in [0.25, 0.3) is 5.91 Å². The van der Waals surface area contributed by atoms with Gasteiger partial charge in [-0.2, -0.15) is 0 Å². The first-order chi connectivity index (χ1) is 8.30. The second-order valence-electron chi connectivity index (χ2n) is 4.43. The Labute approximate surface area is 105 Å². The van der Waals surface area contributed by atoms with E-state index in [1.54, 1.807) is 19.9 Å². The molecule has 98 valence electrons. The summed E-state index contributed by atoms with van der Waals surface area (Å²) in [6.07, 6.45) is 0.210. The van der Waals surface area contributed by atoms with Gasteiger partial charge in [-0.1, -0.05) is 13.0 Å². The summed E-state index contributed by atoms with van der Waals surface area (Å²) in [6, 6.07) is 4.18. The topological polar surface area (TPSA) is 66.4 Å². The molecular weight excluding hydrogens is 237 g/mol. The first-order valence-corrected chi connectivity index (χ1v) is 5.62. The number of carboxylic acids is 1. The van der Waals surface area contributed by atoms with Crippen LogP contribution in [0, 0.1) is 12.7 Å². The zero-order valence-electron chi connectivity index (χ0n) is 10.6. The molecule has 0 aliphatic heterocycles. The number of halogens is 1. The highest BCUT2D eigenvalue weighted by Crippen LogP contribution is 2.14. The van der Waals surface area contributed by atoms with Crippen LogP contribution in [-0.2, 0) is 4.79 Å². The third-order valence-electron chi connectivity index (χ3n) is 2.94. The molecule has 0 saturated carbocycles. The number of carbonyl (C=O) groups excluding carboxylic acids is 1. The van der Waals surface area contributed by atoms with Crippen molar-refractivity contribution in [2.24, 2.45) is 0 Å². The Hall–Kier alpha value is -1.91. The molecule has 1 aromatic carbocycles. The number of amides is 1. The van der Waals surface area contributed by atoms with Crippen LogP contribution in [0.5, 0.6) is 0 Å². The van der Waals surface area contributed by atoms with Gasteiger partial charge in [0.05, 0.1) is 5.56 Å². The second kappa shape index (κ2) is 5.16. The van der Waals surface area contributed by atoms with E-state index in [1.165, 1.54) is 19.1 Å². The van der Waals surface area contributed by atoms with Gasteiger partial charge in [0.15, 0.2) is 0 Å². The minimum atomic E-state index is -1.39. The molecule has 0 aliphatic carbocycles. The van der Waals surface area contributed by atoms with Crippen LogP contribution >= 0.6 is 0 Å². The molecule has 4 nitrogen and oxygen atoms in total. The van der Waals surface area contributed by atoms with E-state index in [0.29, 0.717) is 5.56 Å². The van der Waals surface area contributed by atoms with Crippen molar-refractivity contribution in [2.75, 3.05) is 0 Å². The first kappa shape index (κ1) is 14.2. The molecule has 1 rings (SSSR count). The van der Waals surface area contributed by atoms with Crippen LogP contribution in [0.1, 0.15) is 36.2 Å². The van der Waals surface area contributed by atoms with Crippen LogP contribution in [0.15, 0.2) is 18.2 Å². The molecule has 1 aromatic rings. The highest BCUT2D eigenvalue weighted by atomic mass is 19.1. The smallest absolute Gasteiger partial charge is 0.329 e. The van der Waals surface area contributed by atoms with Crippen molar-refractivity contribution in [3.05, 3.63) is 35.1 Å². The van der Waals surface area contributed by atoms with Crippen molar-refractivity contribution in [3.8, 4) is 0 Å². The molecule has 0 fully saturated rings. The fourth-order valence-corrected chi connectivity index (χ4v) is 1.42. The van der Waals surface area contributed by atoms with Crippen LogP contribution in [0.2, 0.25) is 0 Å². The Balaban J connectivity index is 2.98. The molecule has 1 unspecified atom stereocenters. The average Bonchev–Trinajstić information content (AvgIpc) is 2.28. The second-order valence-corrected chi connectivity index (χ2v) is 4.43. The summed E-state index contributed by atoms with van der Waals surface area (Å²) in [5.74, 6) is -2.53. The van der Waals surface area contributed by atoms with Gasteiger partial charge in [-0.25, -0.2) is 9.18 Å². The molecule has 0 spiro atoms. The minimum absolute atomic E-state index is 0.151. The van der Waals surface area contributed by atoms with Crippen LogP contribution in [0.4, 0.5) is 4.39 Å². The Morgan fingerprint density at radius 2 is 2.06 bits per heavy atom. The summed E-state index contributed by atoms with van der Waals surface area (Å²) in [5.41, 5.74) is -0.851. The zero-order valence-corrected chi connectivity index (χ0v) is 10.6. The Kier molecular flexibility index (Phi) is 4.06. The summed E-state index contributed by atoms with van der Waals surface area (Å²) in [5, 5.41) is 11.4. The van der Waals surface area contributed by atoms with Gasteiger partial charge in [-0.05, 0) is 38.0 Å².